The molecule has 4 rings (SSSR count). The minimum Gasteiger partial charge on any atom is -0.481 e. The highest BCUT2D eigenvalue weighted by molar-refractivity contribution is 7.08. The van der Waals surface area contributed by atoms with Crippen LogP contribution in [0.3, 0.4) is 0 Å². The summed E-state index contributed by atoms with van der Waals surface area (Å²) in [6, 6.07) is 10.6. The molecule has 1 aromatic carbocycles. The number of piperidine rings is 1. The first-order chi connectivity index (χ1) is 12.2. The first-order valence-corrected chi connectivity index (χ1v) is 9.88. The van der Waals surface area contributed by atoms with E-state index in [1.807, 2.05) is 16.8 Å². The minimum atomic E-state index is -0.709. The maximum absolute atomic E-state index is 11.6. The van der Waals surface area contributed by atoms with E-state index in [9.17, 15) is 9.90 Å². The van der Waals surface area contributed by atoms with Crippen LogP contribution in [0.1, 0.15) is 41.9 Å². The van der Waals surface area contributed by atoms with E-state index >= 15 is 0 Å². The third kappa shape index (κ3) is 3.16. The Bertz CT molecular complexity index is 773. The third-order valence-corrected chi connectivity index (χ3v) is 6.51. The van der Waals surface area contributed by atoms with Crippen LogP contribution >= 0.6 is 11.3 Å². The van der Waals surface area contributed by atoms with E-state index in [2.05, 4.69) is 41.3 Å². The highest BCUT2D eigenvalue weighted by Gasteiger charge is 2.37. The number of thiophene rings is 1. The fourth-order valence-electron chi connectivity index (χ4n) is 4.26. The number of hydrogen-bond acceptors (Lipinski definition) is 3. The van der Waals surface area contributed by atoms with Crippen molar-refractivity contribution >= 4 is 23.4 Å². The number of carboxylic acids is 1. The number of fused-ring (bicyclic) bond motifs is 2. The molecule has 1 aromatic heterocycles. The van der Waals surface area contributed by atoms with Crippen molar-refractivity contribution in [1.29, 1.82) is 0 Å². The van der Waals surface area contributed by atoms with Gasteiger partial charge >= 0.3 is 5.97 Å². The zero-order valence-electron chi connectivity index (χ0n) is 14.2. The Hall–Kier alpha value is -1.91. The lowest BCUT2D eigenvalue weighted by atomic mass is 9.74. The van der Waals surface area contributed by atoms with Crippen molar-refractivity contribution in [2.45, 2.75) is 30.6 Å². The van der Waals surface area contributed by atoms with Crippen LogP contribution in [0.5, 0.6) is 0 Å². The number of rotatable bonds is 5. The number of carboxylic acid groups (broad SMARTS) is 1. The third-order valence-electron chi connectivity index (χ3n) is 5.81. The number of carbonyl (C=O) groups is 1. The van der Waals surface area contributed by atoms with Gasteiger partial charge in [-0.3, -0.25) is 4.79 Å². The van der Waals surface area contributed by atoms with Crippen LogP contribution in [0.4, 0.5) is 0 Å². The average Bonchev–Trinajstić information content (AvgIpc) is 3.26. The Morgan fingerprint density at radius 2 is 2.04 bits per heavy atom. The molecule has 0 unspecified atom stereocenters. The van der Waals surface area contributed by atoms with E-state index < -0.39 is 5.97 Å². The molecule has 0 saturated carbocycles. The molecule has 0 bridgehead atoms. The molecule has 0 amide bonds. The van der Waals surface area contributed by atoms with Crippen molar-refractivity contribution in [1.82, 2.24) is 4.90 Å². The topological polar surface area (TPSA) is 40.5 Å². The Labute approximate surface area is 152 Å². The maximum atomic E-state index is 11.6. The summed E-state index contributed by atoms with van der Waals surface area (Å²) in [5.41, 5.74) is 3.97. The lowest BCUT2D eigenvalue weighted by molar-refractivity contribution is -0.139. The largest absolute Gasteiger partial charge is 0.481 e. The molecule has 4 heteroatoms. The smallest absolute Gasteiger partial charge is 0.311 e. The van der Waals surface area contributed by atoms with Gasteiger partial charge in [-0.25, -0.2) is 0 Å². The van der Waals surface area contributed by atoms with Crippen molar-refractivity contribution < 1.29 is 9.90 Å². The fourth-order valence-corrected chi connectivity index (χ4v) is 4.98. The Morgan fingerprint density at radius 1 is 1.24 bits per heavy atom. The normalized spacial score (nSPS) is 19.8. The van der Waals surface area contributed by atoms with Crippen molar-refractivity contribution in [2.75, 3.05) is 19.6 Å². The van der Waals surface area contributed by atoms with Crippen LogP contribution in [-0.4, -0.2) is 35.6 Å². The molecule has 1 spiro atoms. The predicted octanol–water partition coefficient (Wildman–Crippen LogP) is 4.37. The first-order valence-electron chi connectivity index (χ1n) is 8.94. The van der Waals surface area contributed by atoms with Crippen LogP contribution < -0.4 is 0 Å². The number of nitrogens with zero attached hydrogens (tertiary/aromatic N) is 1. The summed E-state index contributed by atoms with van der Waals surface area (Å²) in [5.74, 6) is -1.09. The molecule has 2 aromatic rings. The molecule has 1 fully saturated rings. The SMILES string of the molecule is O=C(O)[C@@H](CCN1CCC2(C=Cc3ccccc32)CC1)c1ccsc1. The van der Waals surface area contributed by atoms with Gasteiger partial charge in [0, 0.05) is 5.41 Å². The van der Waals surface area contributed by atoms with Crippen LogP contribution in [0.25, 0.3) is 6.08 Å². The highest BCUT2D eigenvalue weighted by atomic mass is 32.1. The van der Waals surface area contributed by atoms with E-state index in [1.165, 1.54) is 11.1 Å². The molecule has 0 radical (unpaired) electrons. The lowest BCUT2D eigenvalue weighted by Gasteiger charge is -2.39. The maximum Gasteiger partial charge on any atom is 0.311 e. The van der Waals surface area contributed by atoms with Crippen molar-refractivity contribution in [3.63, 3.8) is 0 Å². The van der Waals surface area contributed by atoms with E-state index in [4.69, 9.17) is 0 Å². The summed E-state index contributed by atoms with van der Waals surface area (Å²) < 4.78 is 0. The molecular formula is C21H23NO2S. The second kappa shape index (κ2) is 6.77. The Balaban J connectivity index is 1.37. The van der Waals surface area contributed by atoms with E-state index in [-0.39, 0.29) is 11.3 Å². The summed E-state index contributed by atoms with van der Waals surface area (Å²) in [7, 11) is 0. The number of likely N-dealkylation sites (tertiary alicyclic amines) is 1. The molecule has 25 heavy (non-hydrogen) atoms. The van der Waals surface area contributed by atoms with Crippen molar-refractivity contribution in [3.05, 3.63) is 63.9 Å². The van der Waals surface area contributed by atoms with Gasteiger partial charge in [0.05, 0.1) is 5.92 Å². The standard InChI is InChI=1S/C21H23NO2S/c23-20(24)18(17-7-14-25-15-17)6-11-22-12-9-21(10-13-22)8-5-16-3-1-2-4-19(16)21/h1-5,7-8,14-15,18H,6,9-13H2,(H,23,24)/t18-/m0/s1. The van der Waals surface area contributed by atoms with E-state index in [1.54, 1.807) is 11.3 Å². The monoisotopic (exact) mass is 353 g/mol. The number of hydrogen-bond donors (Lipinski definition) is 1. The quantitative estimate of drug-likeness (QED) is 0.868. The molecular weight excluding hydrogens is 330 g/mol. The van der Waals surface area contributed by atoms with Crippen molar-refractivity contribution in [2.24, 2.45) is 0 Å². The van der Waals surface area contributed by atoms with Crippen molar-refractivity contribution in [3.8, 4) is 0 Å². The molecule has 1 aliphatic carbocycles. The van der Waals surface area contributed by atoms with Gasteiger partial charge in [-0.15, -0.1) is 0 Å². The number of allylic oxidation sites excluding steroid dienone is 1. The molecule has 2 heterocycles. The average molecular weight is 353 g/mol. The van der Waals surface area contributed by atoms with Gasteiger partial charge in [0.1, 0.15) is 0 Å². The summed E-state index contributed by atoms with van der Waals surface area (Å²) in [6.45, 7) is 2.93. The zero-order valence-corrected chi connectivity index (χ0v) is 15.0. The summed E-state index contributed by atoms with van der Waals surface area (Å²) in [5, 5.41) is 13.4. The molecule has 1 aliphatic heterocycles. The molecule has 1 N–H and O–H groups in total. The summed E-state index contributed by atoms with van der Waals surface area (Å²) in [4.78, 5) is 14.0. The van der Waals surface area contributed by atoms with Gasteiger partial charge in [0.15, 0.2) is 0 Å². The second-order valence-corrected chi connectivity index (χ2v) is 7.93. The molecule has 2 aliphatic rings. The van der Waals surface area contributed by atoms with Crippen LogP contribution in [0.2, 0.25) is 0 Å². The zero-order chi connectivity index (χ0) is 17.3. The van der Waals surface area contributed by atoms with Gasteiger partial charge in [0.2, 0.25) is 0 Å². The molecule has 1 atom stereocenters. The predicted molar refractivity (Wildman–Crippen MR) is 102 cm³/mol. The van der Waals surface area contributed by atoms with Gasteiger partial charge in [0.25, 0.3) is 0 Å². The molecule has 1 saturated heterocycles. The van der Waals surface area contributed by atoms with E-state index in [0.29, 0.717) is 6.42 Å². The second-order valence-electron chi connectivity index (χ2n) is 7.15. The first kappa shape index (κ1) is 16.6. The summed E-state index contributed by atoms with van der Waals surface area (Å²) in [6.07, 6.45) is 7.58. The number of aliphatic carboxylic acids is 1. The van der Waals surface area contributed by atoms with Gasteiger partial charge < -0.3 is 10.0 Å². The summed E-state index contributed by atoms with van der Waals surface area (Å²) >= 11 is 1.57. The number of benzene rings is 1. The molecule has 3 nitrogen and oxygen atoms in total. The minimum absolute atomic E-state index is 0.201. The Kier molecular flexibility index (Phi) is 4.48. The highest BCUT2D eigenvalue weighted by Crippen LogP contribution is 2.43. The Morgan fingerprint density at radius 3 is 2.76 bits per heavy atom. The van der Waals surface area contributed by atoms with Gasteiger partial charge in [-0.05, 0) is 72.4 Å². The van der Waals surface area contributed by atoms with Gasteiger partial charge in [-0.2, -0.15) is 11.3 Å². The fraction of sp³-hybridized carbons (Fsp3) is 0.381. The lowest BCUT2D eigenvalue weighted by Crippen LogP contribution is -2.41. The van der Waals surface area contributed by atoms with Gasteiger partial charge in [-0.1, -0.05) is 36.4 Å². The van der Waals surface area contributed by atoms with Crippen LogP contribution in [0, 0.1) is 0 Å². The molecule has 130 valence electrons. The van der Waals surface area contributed by atoms with Crippen LogP contribution in [-0.2, 0) is 10.2 Å². The van der Waals surface area contributed by atoms with Crippen LogP contribution in [0.15, 0.2) is 47.2 Å². The van der Waals surface area contributed by atoms with E-state index in [0.717, 1.165) is 38.0 Å².